The molecule has 140 valence electrons. The highest BCUT2D eigenvalue weighted by atomic mass is 16.6. The maximum Gasteiger partial charge on any atom is 0.328 e. The lowest BCUT2D eigenvalue weighted by atomic mass is 9.85. The van der Waals surface area contributed by atoms with E-state index in [2.05, 4.69) is 0 Å². The molecule has 1 saturated heterocycles. The number of likely N-dealkylation sites (tertiary alicyclic amines) is 1. The van der Waals surface area contributed by atoms with Crippen LogP contribution in [0.15, 0.2) is 24.3 Å². The van der Waals surface area contributed by atoms with Gasteiger partial charge in [-0.3, -0.25) is 14.9 Å². The number of nitrogens with zero attached hydrogens (tertiary/aromatic N) is 2. The Bertz CT molecular complexity index is 707. The van der Waals surface area contributed by atoms with Crippen LogP contribution in [0, 0.1) is 16.0 Å². The summed E-state index contributed by atoms with van der Waals surface area (Å²) in [6.45, 7) is -0.346. The molecule has 1 amide bonds. The van der Waals surface area contributed by atoms with Crippen LogP contribution < -0.4 is 4.74 Å². The number of para-hydroxylation sites is 2. The molecule has 3 rings (SSSR count). The van der Waals surface area contributed by atoms with Crippen molar-refractivity contribution in [3.63, 3.8) is 0 Å². The van der Waals surface area contributed by atoms with Gasteiger partial charge in [0, 0.05) is 12.1 Å². The van der Waals surface area contributed by atoms with Crippen molar-refractivity contribution in [2.24, 2.45) is 5.92 Å². The zero-order valence-corrected chi connectivity index (χ0v) is 14.6. The Labute approximate surface area is 151 Å². The Hall–Kier alpha value is -2.64. The van der Waals surface area contributed by atoms with Gasteiger partial charge in [0.1, 0.15) is 6.04 Å². The minimum absolute atomic E-state index is 0.00899. The fourth-order valence-corrected chi connectivity index (χ4v) is 4.11. The number of ether oxygens (including phenoxy) is 2. The SMILES string of the molecule is COC(=O)C1CC2CCCCC2N1C(=O)COc1ccccc1[N+](=O)[O-]. The van der Waals surface area contributed by atoms with E-state index in [0.29, 0.717) is 12.3 Å². The molecule has 1 aliphatic heterocycles. The first-order valence-electron chi connectivity index (χ1n) is 8.78. The van der Waals surface area contributed by atoms with E-state index in [-0.39, 0.29) is 30.0 Å². The van der Waals surface area contributed by atoms with Crippen molar-refractivity contribution in [2.45, 2.75) is 44.2 Å². The van der Waals surface area contributed by atoms with Crippen LogP contribution in [-0.2, 0) is 14.3 Å². The molecule has 1 saturated carbocycles. The maximum absolute atomic E-state index is 12.8. The molecule has 0 spiro atoms. The predicted octanol–water partition coefficient (Wildman–Crippen LogP) is 2.31. The number of benzene rings is 1. The van der Waals surface area contributed by atoms with Crippen molar-refractivity contribution in [3.05, 3.63) is 34.4 Å². The molecular formula is C18H22N2O6. The molecule has 3 unspecified atom stereocenters. The highest BCUT2D eigenvalue weighted by molar-refractivity contribution is 5.86. The van der Waals surface area contributed by atoms with Crippen LogP contribution in [0.25, 0.3) is 0 Å². The number of hydrogen-bond acceptors (Lipinski definition) is 6. The van der Waals surface area contributed by atoms with Crippen molar-refractivity contribution in [3.8, 4) is 5.75 Å². The van der Waals surface area contributed by atoms with Gasteiger partial charge in [-0.2, -0.15) is 0 Å². The van der Waals surface area contributed by atoms with Gasteiger partial charge in [0.25, 0.3) is 5.91 Å². The number of carbonyl (C=O) groups excluding carboxylic acids is 2. The Morgan fingerprint density at radius 1 is 1.27 bits per heavy atom. The summed E-state index contributed by atoms with van der Waals surface area (Å²) in [5.74, 6) is -0.422. The third-order valence-electron chi connectivity index (χ3n) is 5.26. The molecule has 1 aliphatic carbocycles. The normalized spacial score (nSPS) is 24.7. The van der Waals surface area contributed by atoms with Crippen molar-refractivity contribution < 1.29 is 24.0 Å². The molecule has 2 fully saturated rings. The van der Waals surface area contributed by atoms with E-state index in [0.717, 1.165) is 25.7 Å². The summed E-state index contributed by atoms with van der Waals surface area (Å²) in [4.78, 5) is 37.0. The fraction of sp³-hybridized carbons (Fsp3) is 0.556. The summed E-state index contributed by atoms with van der Waals surface area (Å²) in [6.07, 6.45) is 4.57. The van der Waals surface area contributed by atoms with Gasteiger partial charge in [0.2, 0.25) is 0 Å². The first-order valence-corrected chi connectivity index (χ1v) is 8.78. The molecule has 0 bridgehead atoms. The lowest BCUT2D eigenvalue weighted by Gasteiger charge is -2.33. The largest absolute Gasteiger partial charge is 0.477 e. The fourth-order valence-electron chi connectivity index (χ4n) is 4.11. The van der Waals surface area contributed by atoms with Crippen molar-refractivity contribution in [1.29, 1.82) is 0 Å². The van der Waals surface area contributed by atoms with E-state index >= 15 is 0 Å². The second-order valence-electron chi connectivity index (χ2n) is 6.70. The molecule has 26 heavy (non-hydrogen) atoms. The zero-order chi connectivity index (χ0) is 18.7. The minimum Gasteiger partial charge on any atom is -0.477 e. The van der Waals surface area contributed by atoms with Gasteiger partial charge in [-0.05, 0) is 31.2 Å². The monoisotopic (exact) mass is 362 g/mol. The summed E-state index contributed by atoms with van der Waals surface area (Å²) in [6, 6.07) is 5.33. The van der Waals surface area contributed by atoms with Crippen molar-refractivity contribution in [2.75, 3.05) is 13.7 Å². The van der Waals surface area contributed by atoms with Gasteiger partial charge in [0.05, 0.1) is 12.0 Å². The van der Waals surface area contributed by atoms with Crippen LogP contribution in [0.4, 0.5) is 5.69 Å². The summed E-state index contributed by atoms with van der Waals surface area (Å²) >= 11 is 0. The highest BCUT2D eigenvalue weighted by Crippen LogP contribution is 2.40. The van der Waals surface area contributed by atoms with Gasteiger partial charge < -0.3 is 14.4 Å². The van der Waals surface area contributed by atoms with E-state index in [1.54, 1.807) is 11.0 Å². The van der Waals surface area contributed by atoms with Gasteiger partial charge in [-0.15, -0.1) is 0 Å². The Kier molecular flexibility index (Phi) is 5.39. The van der Waals surface area contributed by atoms with Crippen molar-refractivity contribution >= 4 is 17.6 Å². The van der Waals surface area contributed by atoms with Crippen LogP contribution in [0.5, 0.6) is 5.75 Å². The van der Waals surface area contributed by atoms with Crippen LogP contribution in [0.3, 0.4) is 0 Å². The molecule has 2 aliphatic rings. The number of methoxy groups -OCH3 is 1. The minimum atomic E-state index is -0.602. The van der Waals surface area contributed by atoms with Gasteiger partial charge >= 0.3 is 11.7 Å². The lowest BCUT2D eigenvalue weighted by Crippen LogP contribution is -2.48. The quantitative estimate of drug-likeness (QED) is 0.453. The van der Waals surface area contributed by atoms with E-state index in [9.17, 15) is 19.7 Å². The number of hydrogen-bond donors (Lipinski definition) is 0. The van der Waals surface area contributed by atoms with Gasteiger partial charge in [-0.25, -0.2) is 4.79 Å². The van der Waals surface area contributed by atoms with E-state index in [1.807, 2.05) is 0 Å². The van der Waals surface area contributed by atoms with Crippen molar-refractivity contribution in [1.82, 2.24) is 4.90 Å². The Balaban J connectivity index is 1.74. The molecule has 3 atom stereocenters. The molecule has 0 N–H and O–H groups in total. The number of esters is 1. The molecule has 0 radical (unpaired) electrons. The van der Waals surface area contributed by atoms with Gasteiger partial charge in [-0.1, -0.05) is 25.0 Å². The average Bonchev–Trinajstić information content (AvgIpc) is 3.05. The van der Waals surface area contributed by atoms with Crippen LogP contribution >= 0.6 is 0 Å². The van der Waals surface area contributed by atoms with E-state index < -0.39 is 16.9 Å². The highest BCUT2D eigenvalue weighted by Gasteiger charge is 2.47. The molecular weight excluding hydrogens is 340 g/mol. The smallest absolute Gasteiger partial charge is 0.328 e. The Morgan fingerprint density at radius 3 is 2.73 bits per heavy atom. The second-order valence-corrected chi connectivity index (χ2v) is 6.70. The maximum atomic E-state index is 12.8. The standard InChI is InChI=1S/C18H22N2O6/c1-25-18(22)15-10-12-6-2-3-7-13(12)19(15)17(21)11-26-16-9-5-4-8-14(16)20(23)24/h4-5,8-9,12-13,15H,2-3,6-7,10-11H2,1H3. The molecule has 1 aromatic rings. The topological polar surface area (TPSA) is 99.0 Å². The third-order valence-corrected chi connectivity index (χ3v) is 5.26. The molecule has 8 heteroatoms. The number of rotatable bonds is 5. The summed E-state index contributed by atoms with van der Waals surface area (Å²) in [7, 11) is 1.32. The number of amides is 1. The summed E-state index contributed by atoms with van der Waals surface area (Å²) < 4.78 is 10.3. The Morgan fingerprint density at radius 2 is 2.00 bits per heavy atom. The number of carbonyl (C=O) groups is 2. The van der Waals surface area contributed by atoms with Gasteiger partial charge in [0.15, 0.2) is 12.4 Å². The molecule has 8 nitrogen and oxygen atoms in total. The summed E-state index contributed by atoms with van der Waals surface area (Å²) in [5.41, 5.74) is -0.193. The molecule has 0 aromatic heterocycles. The van der Waals surface area contributed by atoms with Crippen LogP contribution in [0.2, 0.25) is 0 Å². The zero-order valence-electron chi connectivity index (χ0n) is 14.6. The summed E-state index contributed by atoms with van der Waals surface area (Å²) in [5, 5.41) is 11.1. The first kappa shape index (κ1) is 18.2. The molecule has 1 heterocycles. The predicted molar refractivity (Wildman–Crippen MR) is 91.6 cm³/mol. The average molecular weight is 362 g/mol. The van der Waals surface area contributed by atoms with E-state index in [4.69, 9.17) is 9.47 Å². The number of nitro groups is 1. The third kappa shape index (κ3) is 3.49. The second kappa shape index (κ2) is 7.72. The molecule has 1 aromatic carbocycles. The first-order chi connectivity index (χ1) is 12.5. The number of fused-ring (bicyclic) bond motifs is 1. The van der Waals surface area contributed by atoms with Crippen LogP contribution in [0.1, 0.15) is 32.1 Å². The van der Waals surface area contributed by atoms with E-state index in [1.165, 1.54) is 25.3 Å². The van der Waals surface area contributed by atoms with Crippen LogP contribution in [-0.4, -0.2) is 47.5 Å². The number of nitro benzene ring substituents is 1. The lowest BCUT2D eigenvalue weighted by molar-refractivity contribution is -0.385.